The van der Waals surface area contributed by atoms with Crippen molar-refractivity contribution < 1.29 is 14.5 Å². The lowest BCUT2D eigenvalue weighted by Gasteiger charge is -2.32. The highest BCUT2D eigenvalue weighted by atomic mass is 32.1. The van der Waals surface area contributed by atoms with E-state index in [0.29, 0.717) is 6.54 Å². The quantitative estimate of drug-likeness (QED) is 0.866. The molecule has 1 aliphatic heterocycles. The van der Waals surface area contributed by atoms with Gasteiger partial charge >= 0.3 is 0 Å². The van der Waals surface area contributed by atoms with Crippen LogP contribution in [-0.2, 0) is 9.59 Å². The van der Waals surface area contributed by atoms with E-state index in [0.717, 1.165) is 41.4 Å². The molecule has 1 aliphatic rings. The number of amides is 2. The van der Waals surface area contributed by atoms with Gasteiger partial charge in [-0.15, -0.1) is 11.3 Å². The molecule has 134 valence electrons. The average molecular weight is 361 g/mol. The number of para-hydroxylation sites is 1. The molecular formula is C18H25N4O2S+. The van der Waals surface area contributed by atoms with E-state index in [9.17, 15) is 9.59 Å². The lowest BCUT2D eigenvalue weighted by molar-refractivity contribution is -0.896. The van der Waals surface area contributed by atoms with Gasteiger partial charge < -0.3 is 14.7 Å². The summed E-state index contributed by atoms with van der Waals surface area (Å²) in [5, 5.41) is 0.966. The van der Waals surface area contributed by atoms with Gasteiger partial charge in [0.25, 0.3) is 5.91 Å². The molecule has 1 N–H and O–H groups in total. The smallest absolute Gasteiger partial charge is 0.278 e. The molecule has 1 saturated heterocycles. The van der Waals surface area contributed by atoms with E-state index in [-0.39, 0.29) is 17.9 Å². The first-order valence-electron chi connectivity index (χ1n) is 8.66. The van der Waals surface area contributed by atoms with E-state index in [1.807, 2.05) is 37.1 Å². The van der Waals surface area contributed by atoms with Gasteiger partial charge in [0.15, 0.2) is 6.54 Å². The van der Waals surface area contributed by atoms with E-state index in [1.165, 1.54) is 4.90 Å². The number of rotatable bonds is 4. The molecule has 1 atom stereocenters. The molecule has 0 aliphatic carbocycles. The Balaban J connectivity index is 1.59. The number of hydrogen-bond acceptors (Lipinski definition) is 4. The summed E-state index contributed by atoms with van der Waals surface area (Å²) < 4.78 is 1.15. The minimum absolute atomic E-state index is 0.0391. The van der Waals surface area contributed by atoms with Gasteiger partial charge in [-0.3, -0.25) is 9.59 Å². The highest BCUT2D eigenvalue weighted by molar-refractivity contribution is 7.18. The van der Waals surface area contributed by atoms with E-state index < -0.39 is 0 Å². The number of hydrogen-bond donors (Lipinski definition) is 1. The summed E-state index contributed by atoms with van der Waals surface area (Å²) in [6.45, 7) is 7.22. The number of carbonyl (C=O) groups is 2. The molecule has 0 spiro atoms. The number of nitrogens with one attached hydrogen (secondary N) is 1. The third-order valence-electron chi connectivity index (χ3n) is 4.96. The van der Waals surface area contributed by atoms with Crippen LogP contribution in [0.25, 0.3) is 10.2 Å². The predicted octanol–water partition coefficient (Wildman–Crippen LogP) is 0.563. The third kappa shape index (κ3) is 3.99. The first-order chi connectivity index (χ1) is 12.0. The van der Waals surface area contributed by atoms with Gasteiger partial charge in [0.1, 0.15) is 5.01 Å². The second-order valence-corrected chi connectivity index (χ2v) is 7.70. The van der Waals surface area contributed by atoms with Crippen LogP contribution in [0.1, 0.15) is 24.9 Å². The first-order valence-corrected chi connectivity index (χ1v) is 9.47. The maximum atomic E-state index is 12.7. The lowest BCUT2D eigenvalue weighted by Crippen LogP contribution is -3.15. The van der Waals surface area contributed by atoms with Crippen LogP contribution in [0.4, 0.5) is 0 Å². The summed E-state index contributed by atoms with van der Waals surface area (Å²) in [5.74, 6) is 0.241. The molecule has 3 rings (SSSR count). The monoisotopic (exact) mass is 361 g/mol. The van der Waals surface area contributed by atoms with Gasteiger partial charge in [-0.25, -0.2) is 4.98 Å². The number of benzene rings is 1. The Morgan fingerprint density at radius 3 is 2.64 bits per heavy atom. The van der Waals surface area contributed by atoms with Crippen LogP contribution in [0, 0.1) is 0 Å². The highest BCUT2D eigenvalue weighted by Crippen LogP contribution is 2.28. The van der Waals surface area contributed by atoms with Gasteiger partial charge in [0, 0.05) is 14.0 Å². The minimum Gasteiger partial charge on any atom is -0.332 e. The van der Waals surface area contributed by atoms with Crippen LogP contribution in [0.2, 0.25) is 0 Å². The molecule has 1 aromatic carbocycles. The maximum Gasteiger partial charge on any atom is 0.278 e. The molecule has 0 bridgehead atoms. The fourth-order valence-corrected chi connectivity index (χ4v) is 4.17. The Labute approximate surface area is 152 Å². The fraction of sp³-hybridized carbons (Fsp3) is 0.500. The molecule has 2 aromatic rings. The van der Waals surface area contributed by atoms with E-state index in [2.05, 4.69) is 11.1 Å². The van der Waals surface area contributed by atoms with Gasteiger partial charge in [0.2, 0.25) is 5.91 Å². The summed E-state index contributed by atoms with van der Waals surface area (Å²) in [5.41, 5.74) is 0.987. The molecule has 0 unspecified atom stereocenters. The number of aromatic nitrogens is 1. The minimum atomic E-state index is -0.0391. The van der Waals surface area contributed by atoms with Gasteiger partial charge in [-0.2, -0.15) is 0 Å². The second-order valence-electron chi connectivity index (χ2n) is 6.63. The molecule has 0 radical (unpaired) electrons. The molecule has 7 heteroatoms. The molecule has 25 heavy (non-hydrogen) atoms. The number of piperazine rings is 1. The van der Waals surface area contributed by atoms with Crippen LogP contribution in [0.5, 0.6) is 0 Å². The Hall–Kier alpha value is -1.99. The molecule has 1 aromatic heterocycles. The third-order valence-corrected chi connectivity index (χ3v) is 6.17. The summed E-state index contributed by atoms with van der Waals surface area (Å²) in [4.78, 5) is 33.6. The van der Waals surface area contributed by atoms with Gasteiger partial charge in [-0.05, 0) is 19.1 Å². The van der Waals surface area contributed by atoms with Crippen LogP contribution >= 0.6 is 11.3 Å². The van der Waals surface area contributed by atoms with Crippen molar-refractivity contribution in [3.63, 3.8) is 0 Å². The van der Waals surface area contributed by atoms with Crippen molar-refractivity contribution >= 4 is 33.4 Å². The van der Waals surface area contributed by atoms with Gasteiger partial charge in [-0.1, -0.05) is 12.1 Å². The van der Waals surface area contributed by atoms with E-state index in [1.54, 1.807) is 23.2 Å². The van der Waals surface area contributed by atoms with Crippen molar-refractivity contribution in [2.75, 3.05) is 39.8 Å². The maximum absolute atomic E-state index is 12.7. The van der Waals surface area contributed by atoms with Crippen molar-refractivity contribution in [2.45, 2.75) is 19.9 Å². The number of fused-ring (bicyclic) bond motifs is 1. The fourth-order valence-electron chi connectivity index (χ4n) is 3.10. The Morgan fingerprint density at radius 2 is 2.00 bits per heavy atom. The predicted molar refractivity (Wildman–Crippen MR) is 98.6 cm³/mol. The molecule has 2 amide bonds. The molecular weight excluding hydrogens is 336 g/mol. The summed E-state index contributed by atoms with van der Waals surface area (Å²) in [7, 11) is 1.85. The molecule has 1 fully saturated rings. The zero-order valence-electron chi connectivity index (χ0n) is 15.0. The summed E-state index contributed by atoms with van der Waals surface area (Å²) >= 11 is 1.64. The summed E-state index contributed by atoms with van der Waals surface area (Å²) in [6.07, 6.45) is 0. The molecule has 2 heterocycles. The summed E-state index contributed by atoms with van der Waals surface area (Å²) in [6, 6.07) is 8.01. The average Bonchev–Trinajstić information content (AvgIpc) is 3.05. The van der Waals surface area contributed by atoms with Crippen molar-refractivity contribution in [3.05, 3.63) is 29.3 Å². The second kappa shape index (κ2) is 7.49. The van der Waals surface area contributed by atoms with Crippen LogP contribution in [0.3, 0.4) is 0 Å². The topological polar surface area (TPSA) is 58.0 Å². The van der Waals surface area contributed by atoms with Crippen LogP contribution in [0.15, 0.2) is 24.3 Å². The highest BCUT2D eigenvalue weighted by Gasteiger charge is 2.27. The van der Waals surface area contributed by atoms with Crippen molar-refractivity contribution in [3.8, 4) is 0 Å². The lowest BCUT2D eigenvalue weighted by atomic mass is 10.2. The molecule has 6 nitrogen and oxygen atoms in total. The number of thiazole rings is 1. The number of carbonyl (C=O) groups excluding carboxylic acids is 2. The number of nitrogens with zero attached hydrogens (tertiary/aromatic N) is 3. The zero-order chi connectivity index (χ0) is 18.0. The SMILES string of the molecule is CC(=O)N1CC[NH+](CC(=O)N(C)[C@@H](C)c2nc3ccccc3s2)CC1. The largest absolute Gasteiger partial charge is 0.332 e. The van der Waals surface area contributed by atoms with E-state index in [4.69, 9.17) is 0 Å². The van der Waals surface area contributed by atoms with Crippen molar-refractivity contribution in [1.82, 2.24) is 14.8 Å². The zero-order valence-corrected chi connectivity index (χ0v) is 15.8. The van der Waals surface area contributed by atoms with E-state index >= 15 is 0 Å². The first kappa shape index (κ1) is 17.8. The number of likely N-dealkylation sites (N-methyl/N-ethyl adjacent to an activating group) is 1. The Kier molecular flexibility index (Phi) is 5.34. The Morgan fingerprint density at radius 1 is 1.32 bits per heavy atom. The normalized spacial score (nSPS) is 16.8. The van der Waals surface area contributed by atoms with Crippen LogP contribution in [-0.4, -0.2) is 66.4 Å². The molecule has 0 saturated carbocycles. The van der Waals surface area contributed by atoms with Gasteiger partial charge in [0.05, 0.1) is 42.4 Å². The van der Waals surface area contributed by atoms with Crippen molar-refractivity contribution in [1.29, 1.82) is 0 Å². The van der Waals surface area contributed by atoms with Crippen molar-refractivity contribution in [2.24, 2.45) is 0 Å². The standard InChI is InChI=1S/C18H24N4O2S/c1-13(18-19-15-6-4-5-7-16(15)25-18)20(3)17(24)12-21-8-10-22(11-9-21)14(2)23/h4-7,13H,8-12H2,1-3H3/p+1/t13-/m0/s1. The number of quaternary nitrogens is 1. The van der Waals surface area contributed by atoms with Crippen LogP contribution < -0.4 is 4.90 Å². The Bertz CT molecular complexity index is 734.